The lowest BCUT2D eigenvalue weighted by atomic mass is 10.0. The molecule has 4 rings (SSSR count). The summed E-state index contributed by atoms with van der Waals surface area (Å²) in [4.78, 5) is 28.6. The Morgan fingerprint density at radius 1 is 1.26 bits per heavy atom. The fourth-order valence-electron chi connectivity index (χ4n) is 3.95. The number of alkyl halides is 3. The molecule has 2 heterocycles. The first kappa shape index (κ1) is 24.8. The monoisotopic (exact) mass is 520 g/mol. The lowest BCUT2D eigenvalue weighted by molar-refractivity contribution is -0.137. The number of hydrogen-bond donors (Lipinski definition) is 1. The Morgan fingerprint density at radius 2 is 1.94 bits per heavy atom. The minimum absolute atomic E-state index is 0.00254. The summed E-state index contributed by atoms with van der Waals surface area (Å²) >= 11 is 6.98. The van der Waals surface area contributed by atoms with E-state index in [1.165, 1.54) is 30.9 Å². The summed E-state index contributed by atoms with van der Waals surface area (Å²) in [5, 5.41) is 11.6. The van der Waals surface area contributed by atoms with Gasteiger partial charge in [-0.3, -0.25) is 14.5 Å². The van der Waals surface area contributed by atoms with Crippen molar-refractivity contribution in [2.45, 2.75) is 36.6 Å². The van der Waals surface area contributed by atoms with Crippen molar-refractivity contribution in [2.24, 2.45) is 0 Å². The molecule has 1 unspecified atom stereocenters. The zero-order chi connectivity index (χ0) is 25.7. The summed E-state index contributed by atoms with van der Waals surface area (Å²) in [5.41, 5.74) is -2.42. The number of benzene rings is 2. The fourth-order valence-corrected chi connectivity index (χ4v) is 5.48. The Morgan fingerprint density at radius 3 is 2.57 bits per heavy atom. The molecule has 0 saturated carbocycles. The molecule has 0 bridgehead atoms. The molecule has 7 nitrogen and oxygen atoms in total. The number of thiocarbonyl (C=S) groups is 1. The first-order valence-corrected chi connectivity index (χ1v) is 11.7. The van der Waals surface area contributed by atoms with Crippen LogP contribution < -0.4 is 19.9 Å². The van der Waals surface area contributed by atoms with E-state index in [0.29, 0.717) is 17.2 Å². The summed E-state index contributed by atoms with van der Waals surface area (Å²) in [6.07, 6.45) is -5.41. The minimum atomic E-state index is -4.77. The second-order valence-electron chi connectivity index (χ2n) is 8.32. The summed E-state index contributed by atoms with van der Waals surface area (Å²) in [5.74, 6) is 0.143. The summed E-state index contributed by atoms with van der Waals surface area (Å²) < 4.78 is 46.3. The number of hydrogen-bond acceptors (Lipinski definition) is 6. The van der Waals surface area contributed by atoms with E-state index in [9.17, 15) is 22.8 Å². The van der Waals surface area contributed by atoms with Crippen molar-refractivity contribution in [3.8, 4) is 11.8 Å². The number of fused-ring (bicyclic) bond motifs is 1. The van der Waals surface area contributed by atoms with Gasteiger partial charge in [0.1, 0.15) is 11.3 Å². The van der Waals surface area contributed by atoms with E-state index in [2.05, 4.69) is 5.32 Å². The van der Waals surface area contributed by atoms with E-state index < -0.39 is 34.9 Å². The zero-order valence-corrected chi connectivity index (χ0v) is 20.4. The lowest BCUT2D eigenvalue weighted by Gasteiger charge is -2.31. The van der Waals surface area contributed by atoms with Crippen molar-refractivity contribution >= 4 is 52.3 Å². The quantitative estimate of drug-likeness (QED) is 0.610. The highest BCUT2D eigenvalue weighted by Crippen LogP contribution is 2.43. The van der Waals surface area contributed by atoms with Gasteiger partial charge in [0.05, 0.1) is 27.8 Å². The molecule has 0 spiro atoms. The lowest BCUT2D eigenvalue weighted by Crippen LogP contribution is -2.44. The van der Waals surface area contributed by atoms with Crippen molar-refractivity contribution in [3.63, 3.8) is 0 Å². The molecule has 2 aromatic carbocycles. The van der Waals surface area contributed by atoms with Crippen LogP contribution in [0.25, 0.3) is 0 Å². The van der Waals surface area contributed by atoms with Crippen LogP contribution >= 0.6 is 24.0 Å². The number of ether oxygens (including phenoxy) is 1. The molecule has 1 N–H and O–H groups in total. The van der Waals surface area contributed by atoms with Crippen LogP contribution in [0.1, 0.15) is 25.0 Å². The maximum atomic E-state index is 13.5. The van der Waals surface area contributed by atoms with E-state index in [1.54, 1.807) is 36.9 Å². The van der Waals surface area contributed by atoms with Crippen LogP contribution in [0.4, 0.5) is 24.5 Å². The third kappa shape index (κ3) is 4.19. The van der Waals surface area contributed by atoms with E-state index in [4.69, 9.17) is 22.2 Å². The van der Waals surface area contributed by atoms with Gasteiger partial charge in [-0.05, 0) is 62.5 Å². The number of nitrogens with one attached hydrogen (secondary N) is 1. The molecule has 2 aromatic rings. The highest BCUT2D eigenvalue weighted by Gasteiger charge is 2.51. The van der Waals surface area contributed by atoms with E-state index in [1.807, 2.05) is 0 Å². The van der Waals surface area contributed by atoms with Crippen LogP contribution in [-0.2, 0) is 15.8 Å². The Balaban J connectivity index is 1.71. The molecule has 0 aliphatic carbocycles. The first-order chi connectivity index (χ1) is 16.4. The molecule has 35 heavy (non-hydrogen) atoms. The van der Waals surface area contributed by atoms with Gasteiger partial charge in [0.2, 0.25) is 0 Å². The number of nitriles is 1. The van der Waals surface area contributed by atoms with Gasteiger partial charge in [-0.25, -0.2) is 0 Å². The van der Waals surface area contributed by atoms with E-state index in [0.717, 1.165) is 21.9 Å². The molecule has 0 radical (unpaired) electrons. The van der Waals surface area contributed by atoms with Crippen LogP contribution in [0.15, 0.2) is 41.3 Å². The Hall–Kier alpha value is -3.30. The van der Waals surface area contributed by atoms with Crippen LogP contribution in [0, 0.1) is 11.3 Å². The average molecular weight is 521 g/mol. The van der Waals surface area contributed by atoms with Crippen molar-refractivity contribution in [3.05, 3.63) is 47.5 Å². The van der Waals surface area contributed by atoms with E-state index >= 15 is 0 Å². The molecular formula is C23H19F3N4O3S2. The van der Waals surface area contributed by atoms with Gasteiger partial charge in [-0.1, -0.05) is 0 Å². The van der Waals surface area contributed by atoms with Gasteiger partial charge in [0, 0.05) is 18.5 Å². The Kier molecular flexibility index (Phi) is 6.19. The molecule has 2 aliphatic heterocycles. The maximum Gasteiger partial charge on any atom is 0.417 e. The third-order valence-electron chi connectivity index (χ3n) is 5.74. The van der Waals surface area contributed by atoms with Crippen LogP contribution in [0.2, 0.25) is 0 Å². The summed E-state index contributed by atoms with van der Waals surface area (Å²) in [7, 11) is 1.53. The van der Waals surface area contributed by atoms with Crippen LogP contribution in [0.5, 0.6) is 5.75 Å². The first-order valence-electron chi connectivity index (χ1n) is 10.4. The number of nitrogens with zero attached hydrogens (tertiary/aromatic N) is 3. The van der Waals surface area contributed by atoms with Gasteiger partial charge in [-0.15, -0.1) is 11.8 Å². The Bertz CT molecular complexity index is 1290. The highest BCUT2D eigenvalue weighted by atomic mass is 32.2. The number of carbonyl (C=O) groups is 2. The zero-order valence-electron chi connectivity index (χ0n) is 18.8. The third-order valence-corrected chi connectivity index (χ3v) is 7.20. The largest absolute Gasteiger partial charge is 0.479 e. The number of amides is 2. The number of thioether (sulfide) groups is 1. The smallest absolute Gasteiger partial charge is 0.417 e. The van der Waals surface area contributed by atoms with Gasteiger partial charge < -0.3 is 15.0 Å². The number of anilines is 2. The number of likely N-dealkylation sites (N-methyl/N-ethyl adjacent to an activating group) is 1. The molecule has 1 saturated heterocycles. The van der Waals surface area contributed by atoms with Gasteiger partial charge in [0.15, 0.2) is 11.2 Å². The number of rotatable bonds is 3. The average Bonchev–Trinajstić information content (AvgIpc) is 3.00. The van der Waals surface area contributed by atoms with E-state index in [-0.39, 0.29) is 16.7 Å². The van der Waals surface area contributed by atoms with Crippen LogP contribution in [-0.4, -0.2) is 41.4 Å². The van der Waals surface area contributed by atoms with Crippen molar-refractivity contribution < 1.29 is 27.5 Å². The normalized spacial score (nSPS) is 19.2. The van der Waals surface area contributed by atoms with Crippen molar-refractivity contribution in [1.82, 2.24) is 5.32 Å². The van der Waals surface area contributed by atoms with Gasteiger partial charge in [0.25, 0.3) is 11.8 Å². The van der Waals surface area contributed by atoms with Crippen molar-refractivity contribution in [1.29, 1.82) is 5.26 Å². The molecule has 1 fully saturated rings. The number of halogens is 3. The molecule has 12 heteroatoms. The maximum absolute atomic E-state index is 13.5. The van der Waals surface area contributed by atoms with Gasteiger partial charge in [-0.2, -0.15) is 18.4 Å². The standard InChI is InChI=1S/C23H19F3N4O3S2/c1-22(2)20(32)29(13-5-4-12(10-27)15(8-13)23(24,25)26)21(34)30(22)14-6-7-16-18(9-14)35-11-17(33-16)19(31)28-3/h4-9,17H,11H2,1-3H3,(H,28,31). The predicted octanol–water partition coefficient (Wildman–Crippen LogP) is 4.09. The summed E-state index contributed by atoms with van der Waals surface area (Å²) in [6, 6.07) is 9.70. The van der Waals surface area contributed by atoms with Crippen molar-refractivity contribution in [2.75, 3.05) is 22.6 Å². The van der Waals surface area contributed by atoms with Gasteiger partial charge >= 0.3 is 6.18 Å². The molecule has 182 valence electrons. The highest BCUT2D eigenvalue weighted by molar-refractivity contribution is 7.99. The molecular weight excluding hydrogens is 501 g/mol. The second kappa shape index (κ2) is 8.73. The minimum Gasteiger partial charge on any atom is -0.479 e. The topological polar surface area (TPSA) is 85.7 Å². The Labute approximate surface area is 208 Å². The fraction of sp³-hybridized carbons (Fsp3) is 0.304. The molecule has 1 atom stereocenters. The van der Waals surface area contributed by atoms with Crippen LogP contribution in [0.3, 0.4) is 0 Å². The number of carbonyl (C=O) groups excluding carboxylic acids is 2. The SMILES string of the molecule is CNC(=O)C1CSc2cc(N3C(=S)N(c4ccc(C#N)c(C(F)(F)F)c4)C(=O)C3(C)C)ccc2O1. The molecule has 2 amide bonds. The second-order valence-corrected chi connectivity index (χ2v) is 9.75. The molecule has 0 aromatic heterocycles. The predicted molar refractivity (Wildman–Crippen MR) is 128 cm³/mol. The summed E-state index contributed by atoms with van der Waals surface area (Å²) in [6.45, 7) is 3.25. The molecule has 2 aliphatic rings.